The Morgan fingerprint density at radius 1 is 1.04 bits per heavy atom. The van der Waals surface area contributed by atoms with Gasteiger partial charge in [0.1, 0.15) is 5.69 Å². The second-order valence-corrected chi connectivity index (χ2v) is 8.28. The number of sulfonamides is 1. The van der Waals surface area contributed by atoms with Crippen LogP contribution in [0.3, 0.4) is 0 Å². The van der Waals surface area contributed by atoms with Gasteiger partial charge >= 0.3 is 0 Å². The Kier molecular flexibility index (Phi) is 5.95. The molecule has 0 atom stereocenters. The summed E-state index contributed by atoms with van der Waals surface area (Å²) in [5, 5.41) is 0. The highest BCUT2D eigenvalue weighted by atomic mass is 32.2. The molecule has 3 rings (SSSR count). The van der Waals surface area contributed by atoms with E-state index in [9.17, 15) is 13.2 Å². The summed E-state index contributed by atoms with van der Waals surface area (Å²) in [7, 11) is -3.35. The molecule has 0 unspecified atom stereocenters. The lowest BCUT2D eigenvalue weighted by molar-refractivity contribution is 0.0758. The average molecular weight is 374 g/mol. The monoisotopic (exact) mass is 374 g/mol. The zero-order valence-corrected chi connectivity index (χ0v) is 15.3. The van der Waals surface area contributed by atoms with Gasteiger partial charge in [-0.25, -0.2) is 17.7 Å². The first-order valence-electron chi connectivity index (χ1n) is 8.63. The largest absolute Gasteiger partial charge is 0.336 e. The summed E-state index contributed by atoms with van der Waals surface area (Å²) < 4.78 is 26.8. The van der Waals surface area contributed by atoms with Gasteiger partial charge in [-0.1, -0.05) is 30.3 Å². The number of carbonyl (C=O) groups excluding carboxylic acids is 1. The summed E-state index contributed by atoms with van der Waals surface area (Å²) in [4.78, 5) is 22.1. The number of aromatic nitrogens is 2. The Hall–Kier alpha value is -2.32. The second-order valence-electron chi connectivity index (χ2n) is 6.19. The van der Waals surface area contributed by atoms with Crippen LogP contribution in [0.5, 0.6) is 0 Å². The molecule has 0 saturated carbocycles. The first kappa shape index (κ1) is 18.5. The van der Waals surface area contributed by atoms with Crippen LogP contribution in [0.15, 0.2) is 48.9 Å². The molecule has 0 radical (unpaired) electrons. The van der Waals surface area contributed by atoms with Gasteiger partial charge in [0.2, 0.25) is 10.0 Å². The second kappa shape index (κ2) is 8.37. The maximum Gasteiger partial charge on any atom is 0.274 e. The lowest BCUT2D eigenvalue weighted by atomic mass is 10.2. The van der Waals surface area contributed by atoms with Crippen molar-refractivity contribution < 1.29 is 13.2 Å². The van der Waals surface area contributed by atoms with Crippen LogP contribution in [-0.4, -0.2) is 65.4 Å². The molecule has 0 aliphatic carbocycles. The number of amides is 1. The van der Waals surface area contributed by atoms with Gasteiger partial charge in [-0.05, 0) is 18.4 Å². The SMILES string of the molecule is O=C(c1cnccn1)N1CCCN(S(=O)(=O)CCc2ccccc2)CC1. The predicted octanol–water partition coefficient (Wildman–Crippen LogP) is 1.20. The third-order valence-corrected chi connectivity index (χ3v) is 6.28. The zero-order valence-electron chi connectivity index (χ0n) is 14.5. The van der Waals surface area contributed by atoms with Crippen molar-refractivity contribution in [2.75, 3.05) is 31.9 Å². The van der Waals surface area contributed by atoms with Crippen LogP contribution in [-0.2, 0) is 16.4 Å². The van der Waals surface area contributed by atoms with Crippen LogP contribution in [0.2, 0.25) is 0 Å². The fourth-order valence-electron chi connectivity index (χ4n) is 2.97. The van der Waals surface area contributed by atoms with Gasteiger partial charge in [-0.3, -0.25) is 9.78 Å². The van der Waals surface area contributed by atoms with Gasteiger partial charge in [0.15, 0.2) is 0 Å². The lowest BCUT2D eigenvalue weighted by Gasteiger charge is -2.21. The molecule has 138 valence electrons. The molecule has 2 aromatic rings. The highest BCUT2D eigenvalue weighted by molar-refractivity contribution is 7.89. The van der Waals surface area contributed by atoms with Gasteiger partial charge in [0.05, 0.1) is 11.9 Å². The average Bonchev–Trinajstić information content (AvgIpc) is 2.94. The van der Waals surface area contributed by atoms with E-state index >= 15 is 0 Å². The summed E-state index contributed by atoms with van der Waals surface area (Å²) >= 11 is 0. The number of hydrogen-bond donors (Lipinski definition) is 0. The first-order valence-corrected chi connectivity index (χ1v) is 10.2. The van der Waals surface area contributed by atoms with Crippen LogP contribution >= 0.6 is 0 Å². The molecule has 1 amide bonds. The maximum atomic E-state index is 12.7. The Bertz CT molecular complexity index is 828. The van der Waals surface area contributed by atoms with E-state index in [0.29, 0.717) is 39.0 Å². The third-order valence-electron chi connectivity index (χ3n) is 4.41. The standard InChI is InChI=1S/C18H22N4O3S/c23-18(17-15-19-8-9-20-17)21-10-4-11-22(13-12-21)26(24,25)14-7-16-5-2-1-3-6-16/h1-3,5-6,8-9,15H,4,7,10-14H2. The predicted molar refractivity (Wildman–Crippen MR) is 98.1 cm³/mol. The molecule has 2 heterocycles. The van der Waals surface area contributed by atoms with Crippen molar-refractivity contribution in [2.45, 2.75) is 12.8 Å². The van der Waals surface area contributed by atoms with E-state index in [2.05, 4.69) is 9.97 Å². The molecule has 0 spiro atoms. The van der Waals surface area contributed by atoms with E-state index in [0.717, 1.165) is 5.56 Å². The van der Waals surface area contributed by atoms with Gasteiger partial charge in [-0.2, -0.15) is 0 Å². The summed E-state index contributed by atoms with van der Waals surface area (Å²) in [6.45, 7) is 1.62. The van der Waals surface area contributed by atoms with Crippen LogP contribution < -0.4 is 0 Å². The fraction of sp³-hybridized carbons (Fsp3) is 0.389. The van der Waals surface area contributed by atoms with Crippen molar-refractivity contribution in [3.63, 3.8) is 0 Å². The van der Waals surface area contributed by atoms with Crippen molar-refractivity contribution in [3.8, 4) is 0 Å². The number of rotatable bonds is 5. The van der Waals surface area contributed by atoms with E-state index in [4.69, 9.17) is 0 Å². The quantitative estimate of drug-likeness (QED) is 0.785. The first-order chi connectivity index (χ1) is 12.6. The molecule has 1 fully saturated rings. The minimum absolute atomic E-state index is 0.0785. The van der Waals surface area contributed by atoms with Crippen molar-refractivity contribution in [1.29, 1.82) is 0 Å². The normalized spacial score (nSPS) is 16.2. The Morgan fingerprint density at radius 2 is 1.85 bits per heavy atom. The smallest absolute Gasteiger partial charge is 0.274 e. The molecule has 26 heavy (non-hydrogen) atoms. The lowest BCUT2D eigenvalue weighted by Crippen LogP contribution is -2.38. The fourth-order valence-corrected chi connectivity index (χ4v) is 4.49. The van der Waals surface area contributed by atoms with Gasteiger partial charge in [-0.15, -0.1) is 0 Å². The molecule has 0 N–H and O–H groups in total. The van der Waals surface area contributed by atoms with Crippen molar-refractivity contribution in [1.82, 2.24) is 19.2 Å². The molecule has 1 aliphatic heterocycles. The minimum Gasteiger partial charge on any atom is -0.336 e. The summed E-state index contributed by atoms with van der Waals surface area (Å²) in [5.41, 5.74) is 1.29. The molecule has 8 heteroatoms. The van der Waals surface area contributed by atoms with Gasteiger partial charge in [0.25, 0.3) is 5.91 Å². The molecular weight excluding hydrogens is 352 g/mol. The summed E-state index contributed by atoms with van der Waals surface area (Å²) in [5.74, 6) is -0.128. The van der Waals surface area contributed by atoms with E-state index in [1.54, 1.807) is 4.90 Å². The van der Waals surface area contributed by atoms with E-state index in [1.807, 2.05) is 30.3 Å². The molecular formula is C18H22N4O3S. The summed E-state index contributed by atoms with van der Waals surface area (Å²) in [6, 6.07) is 9.59. The Morgan fingerprint density at radius 3 is 2.58 bits per heavy atom. The summed E-state index contributed by atoms with van der Waals surface area (Å²) in [6.07, 6.45) is 5.52. The Balaban J connectivity index is 1.60. The number of hydrogen-bond acceptors (Lipinski definition) is 5. The van der Waals surface area contributed by atoms with Crippen LogP contribution in [0.25, 0.3) is 0 Å². The van der Waals surface area contributed by atoms with Gasteiger partial charge in [0, 0.05) is 38.6 Å². The highest BCUT2D eigenvalue weighted by Gasteiger charge is 2.27. The Labute approximate surface area is 153 Å². The van der Waals surface area contributed by atoms with Crippen LogP contribution in [0.1, 0.15) is 22.5 Å². The van der Waals surface area contributed by atoms with Crippen LogP contribution in [0.4, 0.5) is 0 Å². The number of benzene rings is 1. The molecule has 1 aromatic heterocycles. The number of aryl methyl sites for hydroxylation is 1. The molecule has 1 aliphatic rings. The number of carbonyl (C=O) groups is 1. The number of nitrogens with zero attached hydrogens (tertiary/aromatic N) is 4. The van der Waals surface area contributed by atoms with E-state index in [1.165, 1.54) is 22.9 Å². The highest BCUT2D eigenvalue weighted by Crippen LogP contribution is 2.12. The van der Waals surface area contributed by atoms with Crippen molar-refractivity contribution in [3.05, 3.63) is 60.2 Å². The van der Waals surface area contributed by atoms with Crippen LogP contribution in [0, 0.1) is 0 Å². The molecule has 0 bridgehead atoms. The van der Waals surface area contributed by atoms with E-state index < -0.39 is 10.0 Å². The maximum absolute atomic E-state index is 12.7. The van der Waals surface area contributed by atoms with Crippen molar-refractivity contribution >= 4 is 15.9 Å². The molecule has 1 saturated heterocycles. The van der Waals surface area contributed by atoms with Crippen molar-refractivity contribution in [2.24, 2.45) is 0 Å². The third kappa shape index (κ3) is 4.64. The zero-order chi connectivity index (χ0) is 18.4. The van der Waals surface area contributed by atoms with Gasteiger partial charge < -0.3 is 4.90 Å². The minimum atomic E-state index is -3.35. The van der Waals surface area contributed by atoms with E-state index in [-0.39, 0.29) is 17.4 Å². The molecule has 1 aromatic carbocycles. The molecule has 7 nitrogen and oxygen atoms in total. The topological polar surface area (TPSA) is 83.5 Å².